The molecule has 252 valence electrons. The molecule has 46 heavy (non-hydrogen) atoms. The summed E-state index contributed by atoms with van der Waals surface area (Å²) in [6, 6.07) is 6.82. The van der Waals surface area contributed by atoms with Gasteiger partial charge in [-0.25, -0.2) is 0 Å². The van der Waals surface area contributed by atoms with Crippen LogP contribution in [0.2, 0.25) is 0 Å². The number of carbonyl (C=O) groups excluding carboxylic acids is 4. The van der Waals surface area contributed by atoms with Crippen LogP contribution in [0.5, 0.6) is 0 Å². The molecule has 1 unspecified atom stereocenters. The molecule has 0 aliphatic carbocycles. The number of esters is 1. The normalized spacial score (nSPS) is 28.4. The van der Waals surface area contributed by atoms with Gasteiger partial charge >= 0.3 is 5.97 Å². The highest BCUT2D eigenvalue weighted by Crippen LogP contribution is 2.61. The van der Waals surface area contributed by atoms with Crippen molar-refractivity contribution in [2.75, 3.05) is 20.2 Å². The number of likely N-dealkylation sites (tertiary alicyclic amines) is 1. The van der Waals surface area contributed by atoms with Gasteiger partial charge in [0.05, 0.1) is 36.6 Å². The summed E-state index contributed by atoms with van der Waals surface area (Å²) in [7, 11) is 1.68. The number of halogens is 1. The number of likely N-dealkylation sites (N-methyl/N-ethyl adjacent to an activating group) is 1. The number of fused-ring (bicyclic) bond motifs is 1. The third-order valence-corrected chi connectivity index (χ3v) is 10.8. The molecule has 1 N–H and O–H groups in total. The van der Waals surface area contributed by atoms with E-state index in [1.54, 1.807) is 29.0 Å². The number of amides is 3. The van der Waals surface area contributed by atoms with Crippen molar-refractivity contribution in [2.24, 2.45) is 11.8 Å². The number of nitrogens with zero attached hydrogens (tertiary/aromatic N) is 3. The Balaban J connectivity index is 1.74. The van der Waals surface area contributed by atoms with Crippen molar-refractivity contribution in [3.05, 3.63) is 61.2 Å². The van der Waals surface area contributed by atoms with Crippen molar-refractivity contribution in [3.8, 4) is 0 Å². The van der Waals surface area contributed by atoms with Gasteiger partial charge in [-0.3, -0.25) is 19.2 Å². The van der Waals surface area contributed by atoms with E-state index in [1.165, 1.54) is 4.90 Å². The van der Waals surface area contributed by atoms with E-state index >= 15 is 0 Å². The van der Waals surface area contributed by atoms with Crippen molar-refractivity contribution in [1.29, 1.82) is 0 Å². The van der Waals surface area contributed by atoms with E-state index in [1.807, 2.05) is 58.0 Å². The van der Waals surface area contributed by atoms with Crippen molar-refractivity contribution in [1.82, 2.24) is 14.7 Å². The van der Waals surface area contributed by atoms with Crippen LogP contribution < -0.4 is 0 Å². The Bertz CT molecular complexity index is 1300. The molecule has 0 aromatic heterocycles. The lowest BCUT2D eigenvalue weighted by atomic mass is 9.70. The number of aliphatic hydroxyl groups is 1. The first-order chi connectivity index (χ1) is 21.9. The van der Waals surface area contributed by atoms with Crippen molar-refractivity contribution >= 4 is 39.6 Å². The molecule has 1 aromatic rings. The third-order valence-electron chi connectivity index (χ3n) is 9.92. The van der Waals surface area contributed by atoms with Crippen LogP contribution in [0.4, 0.5) is 0 Å². The topological polar surface area (TPSA) is 117 Å². The second-order valence-electron chi connectivity index (χ2n) is 12.9. The smallest absolute Gasteiger partial charge is 0.313 e. The van der Waals surface area contributed by atoms with Gasteiger partial charge in [0, 0.05) is 30.9 Å². The lowest BCUT2D eigenvalue weighted by Crippen LogP contribution is -2.59. The molecule has 3 saturated heterocycles. The number of hydrogen-bond donors (Lipinski definition) is 1. The van der Waals surface area contributed by atoms with E-state index < -0.39 is 59.6 Å². The molecule has 9 atom stereocenters. The number of alkyl halides is 1. The average molecular weight is 703 g/mol. The molecular weight excluding hydrogens is 654 g/mol. The predicted octanol–water partition coefficient (Wildman–Crippen LogP) is 4.03. The van der Waals surface area contributed by atoms with Gasteiger partial charge < -0.3 is 29.3 Å². The molecule has 11 heteroatoms. The molecule has 3 fully saturated rings. The summed E-state index contributed by atoms with van der Waals surface area (Å²) in [5.74, 6) is -3.43. The zero-order chi connectivity index (χ0) is 33.9. The standard InChI is InChI=1S/C35H48BrN3O7/c1-8-11-17-26(41)37(7)22(6)29(23-15-13-12-14-16-23)45-34(44)27-28-32(42)39(24(10-3)20-40)31(33(43)38(18-9-2)21(4)5)35(28)19-25(36)30(27)46-35/h8-9,12-16,21-22,24-25,27-31,40H,1-2,10-11,17-20H2,3-7H3/t22-,24-,25?,27+,28-,29+,30+,31+,35-/m0/s1. The van der Waals surface area contributed by atoms with Crippen LogP contribution in [0.15, 0.2) is 55.6 Å². The Kier molecular flexibility index (Phi) is 11.5. The van der Waals surface area contributed by atoms with Crippen LogP contribution >= 0.6 is 15.9 Å². The molecule has 3 heterocycles. The monoisotopic (exact) mass is 701 g/mol. The van der Waals surface area contributed by atoms with Gasteiger partial charge in [-0.15, -0.1) is 13.2 Å². The molecule has 2 bridgehead atoms. The van der Waals surface area contributed by atoms with Gasteiger partial charge in [0.25, 0.3) is 0 Å². The zero-order valence-corrected chi connectivity index (χ0v) is 29.1. The average Bonchev–Trinajstić information content (AvgIpc) is 3.64. The lowest BCUT2D eigenvalue weighted by molar-refractivity contribution is -0.165. The second-order valence-corrected chi connectivity index (χ2v) is 14.0. The number of aliphatic hydroxyl groups excluding tert-OH is 1. The number of carbonyl (C=O) groups is 4. The van der Waals surface area contributed by atoms with Crippen LogP contribution in [-0.2, 0) is 28.7 Å². The van der Waals surface area contributed by atoms with Gasteiger partial charge in [0.15, 0.2) is 0 Å². The summed E-state index contributed by atoms with van der Waals surface area (Å²) in [6.07, 6.45) is 3.33. The van der Waals surface area contributed by atoms with E-state index in [-0.39, 0.29) is 42.3 Å². The first-order valence-corrected chi connectivity index (χ1v) is 17.1. The van der Waals surface area contributed by atoms with Crippen molar-refractivity contribution in [2.45, 2.75) is 100 Å². The highest BCUT2D eigenvalue weighted by molar-refractivity contribution is 9.09. The quantitative estimate of drug-likeness (QED) is 0.167. The number of allylic oxidation sites excluding steroid dienone is 1. The number of hydrogen-bond acceptors (Lipinski definition) is 7. The highest BCUT2D eigenvalue weighted by Gasteiger charge is 2.77. The molecule has 3 amide bonds. The van der Waals surface area contributed by atoms with Crippen LogP contribution in [0, 0.1) is 11.8 Å². The summed E-state index contributed by atoms with van der Waals surface area (Å²) in [5.41, 5.74) is -0.588. The second kappa shape index (κ2) is 14.8. The molecule has 0 saturated carbocycles. The summed E-state index contributed by atoms with van der Waals surface area (Å²) in [5, 5.41) is 10.4. The van der Waals surface area contributed by atoms with E-state index in [2.05, 4.69) is 29.1 Å². The minimum Gasteiger partial charge on any atom is -0.455 e. The maximum absolute atomic E-state index is 14.5. The fourth-order valence-corrected chi connectivity index (χ4v) is 8.34. The van der Waals surface area contributed by atoms with E-state index in [9.17, 15) is 24.3 Å². The van der Waals surface area contributed by atoms with Gasteiger partial charge in [-0.1, -0.05) is 65.3 Å². The van der Waals surface area contributed by atoms with Crippen molar-refractivity contribution in [3.63, 3.8) is 0 Å². The summed E-state index contributed by atoms with van der Waals surface area (Å²) < 4.78 is 12.9. The Hall–Kier alpha value is -3.02. The largest absolute Gasteiger partial charge is 0.455 e. The number of ether oxygens (including phenoxy) is 2. The Labute approximate surface area is 280 Å². The molecule has 1 aromatic carbocycles. The van der Waals surface area contributed by atoms with Crippen LogP contribution in [0.25, 0.3) is 0 Å². The summed E-state index contributed by atoms with van der Waals surface area (Å²) in [4.78, 5) is 60.6. The van der Waals surface area contributed by atoms with Gasteiger partial charge in [-0.2, -0.15) is 0 Å². The van der Waals surface area contributed by atoms with E-state index in [4.69, 9.17) is 9.47 Å². The van der Waals surface area contributed by atoms with Gasteiger partial charge in [-0.05, 0) is 45.6 Å². The first kappa shape index (κ1) is 35.8. The summed E-state index contributed by atoms with van der Waals surface area (Å²) in [6.45, 7) is 14.9. The van der Waals surface area contributed by atoms with Gasteiger partial charge in [0.2, 0.25) is 17.7 Å². The molecule has 3 aliphatic rings. The Morgan fingerprint density at radius 1 is 1.20 bits per heavy atom. The molecule has 4 rings (SSSR count). The molecular formula is C35H48BrN3O7. The molecule has 1 spiro atoms. The zero-order valence-electron chi connectivity index (χ0n) is 27.5. The Morgan fingerprint density at radius 2 is 1.87 bits per heavy atom. The molecule has 0 radical (unpaired) electrons. The first-order valence-electron chi connectivity index (χ1n) is 16.2. The third kappa shape index (κ3) is 6.30. The minimum absolute atomic E-state index is 0.112. The maximum atomic E-state index is 14.5. The minimum atomic E-state index is -1.29. The van der Waals surface area contributed by atoms with E-state index in [0.717, 1.165) is 0 Å². The Morgan fingerprint density at radius 3 is 2.43 bits per heavy atom. The molecule has 3 aliphatic heterocycles. The van der Waals surface area contributed by atoms with Crippen LogP contribution in [0.3, 0.4) is 0 Å². The van der Waals surface area contributed by atoms with Crippen molar-refractivity contribution < 1.29 is 33.8 Å². The predicted molar refractivity (Wildman–Crippen MR) is 178 cm³/mol. The fraction of sp³-hybridized carbons (Fsp3) is 0.600. The van der Waals surface area contributed by atoms with Crippen LogP contribution in [-0.4, -0.2) is 104 Å². The number of benzene rings is 1. The SMILES string of the molecule is C=CCCC(=O)N(C)[C@@H](C)[C@@H](OC(=O)[C@H]1[C@@H]2O[C@@]3(CC2Br)[C@@H]1C(=O)N([C@@H](CC)CO)[C@@H]3C(=O)N(CC=C)C(C)C)c1ccccc1. The molecule has 10 nitrogen and oxygen atoms in total. The summed E-state index contributed by atoms with van der Waals surface area (Å²) >= 11 is 3.71. The van der Waals surface area contributed by atoms with E-state index in [0.29, 0.717) is 24.8 Å². The fourth-order valence-electron chi connectivity index (χ4n) is 7.40. The van der Waals surface area contributed by atoms with Gasteiger partial charge in [0.1, 0.15) is 17.7 Å². The maximum Gasteiger partial charge on any atom is 0.313 e. The lowest BCUT2D eigenvalue weighted by Gasteiger charge is -2.40. The number of rotatable bonds is 15. The van der Waals surface area contributed by atoms with Crippen LogP contribution in [0.1, 0.15) is 65.0 Å². The highest BCUT2D eigenvalue weighted by atomic mass is 79.9.